The average Bonchev–Trinajstić information content (AvgIpc) is 3.13. The molecule has 1 unspecified atom stereocenters. The molecular weight excluding hydrogens is 489 g/mol. The van der Waals surface area contributed by atoms with Gasteiger partial charge in [0.1, 0.15) is 12.4 Å². The van der Waals surface area contributed by atoms with Crippen LogP contribution in [-0.4, -0.2) is 35.2 Å². The average molecular weight is 512 g/mol. The summed E-state index contributed by atoms with van der Waals surface area (Å²) >= 11 is 3.29. The summed E-state index contributed by atoms with van der Waals surface area (Å²) in [6.07, 6.45) is -0.233. The van der Waals surface area contributed by atoms with Crippen molar-refractivity contribution in [3.05, 3.63) is 93.7 Å². The van der Waals surface area contributed by atoms with Crippen LogP contribution in [0, 0.1) is 5.82 Å². The summed E-state index contributed by atoms with van der Waals surface area (Å²) < 4.78 is 20.0. The molecule has 1 atom stereocenters. The van der Waals surface area contributed by atoms with Gasteiger partial charge in [-0.15, -0.1) is 0 Å². The highest BCUT2D eigenvalue weighted by atomic mass is 79.9. The molecule has 0 fully saturated rings. The van der Waals surface area contributed by atoms with E-state index >= 15 is 0 Å². The van der Waals surface area contributed by atoms with Crippen molar-refractivity contribution in [3.63, 3.8) is 0 Å². The Kier molecular flexibility index (Phi) is 6.79. The van der Waals surface area contributed by atoms with Crippen molar-refractivity contribution in [1.29, 1.82) is 0 Å². The molecule has 1 aliphatic carbocycles. The van der Waals surface area contributed by atoms with Crippen LogP contribution in [0.4, 0.5) is 9.18 Å². The van der Waals surface area contributed by atoms with Gasteiger partial charge >= 0.3 is 12.1 Å². The van der Waals surface area contributed by atoms with Crippen LogP contribution in [0.5, 0.6) is 0 Å². The van der Waals surface area contributed by atoms with Gasteiger partial charge in [0.25, 0.3) is 0 Å². The number of carboxylic acid groups (broad SMARTS) is 1. The quantitative estimate of drug-likeness (QED) is 0.399. The van der Waals surface area contributed by atoms with Gasteiger partial charge in [-0.1, -0.05) is 71.4 Å². The van der Waals surface area contributed by atoms with Gasteiger partial charge < -0.3 is 9.84 Å². The minimum absolute atomic E-state index is 0.0731. The normalized spacial score (nSPS) is 13.2. The van der Waals surface area contributed by atoms with Crippen LogP contribution < -0.4 is 0 Å². The summed E-state index contributed by atoms with van der Waals surface area (Å²) in [5.41, 5.74) is 4.50. The van der Waals surface area contributed by atoms with Gasteiger partial charge in [-0.2, -0.15) is 0 Å². The number of ether oxygens (including phenoxy) is 1. The summed E-state index contributed by atoms with van der Waals surface area (Å²) in [5.74, 6) is -1.99. The molecule has 0 aliphatic heterocycles. The van der Waals surface area contributed by atoms with Gasteiger partial charge in [0.15, 0.2) is 6.04 Å². The summed E-state index contributed by atoms with van der Waals surface area (Å²) in [7, 11) is 0. The molecule has 0 heterocycles. The number of carboxylic acids is 1. The predicted octanol–water partition coefficient (Wildman–Crippen LogP) is 6.38. The first kappa shape index (κ1) is 23.0. The van der Waals surface area contributed by atoms with Crippen LogP contribution >= 0.6 is 15.9 Å². The summed E-state index contributed by atoms with van der Waals surface area (Å²) in [5, 5.41) is 9.94. The minimum Gasteiger partial charge on any atom is -0.479 e. The van der Waals surface area contributed by atoms with Gasteiger partial charge in [0.2, 0.25) is 0 Å². The van der Waals surface area contributed by atoms with Crippen molar-refractivity contribution in [2.24, 2.45) is 0 Å². The number of amides is 1. The third kappa shape index (κ3) is 4.50. The zero-order valence-corrected chi connectivity index (χ0v) is 19.6. The van der Waals surface area contributed by atoms with E-state index in [1.54, 1.807) is 0 Å². The zero-order chi connectivity index (χ0) is 23.5. The Morgan fingerprint density at radius 2 is 1.67 bits per heavy atom. The van der Waals surface area contributed by atoms with Crippen LogP contribution in [-0.2, 0) is 9.53 Å². The van der Waals surface area contributed by atoms with E-state index < -0.39 is 23.9 Å². The number of aliphatic carboxylic acids is 1. The molecule has 0 radical (unpaired) electrons. The van der Waals surface area contributed by atoms with Gasteiger partial charge in [0, 0.05) is 22.5 Å². The molecule has 0 saturated carbocycles. The van der Waals surface area contributed by atoms with E-state index in [9.17, 15) is 19.1 Å². The molecule has 1 N–H and O–H groups in total. The van der Waals surface area contributed by atoms with Crippen molar-refractivity contribution >= 4 is 28.0 Å². The molecule has 3 aromatic carbocycles. The molecule has 4 rings (SSSR count). The fourth-order valence-corrected chi connectivity index (χ4v) is 4.87. The highest BCUT2D eigenvalue weighted by molar-refractivity contribution is 9.10. The van der Waals surface area contributed by atoms with Crippen LogP contribution in [0.1, 0.15) is 42.0 Å². The molecule has 33 heavy (non-hydrogen) atoms. The number of hydrogen-bond donors (Lipinski definition) is 1. The molecule has 0 saturated heterocycles. The van der Waals surface area contributed by atoms with E-state index in [0.29, 0.717) is 10.9 Å². The Hall–Kier alpha value is -3.19. The van der Waals surface area contributed by atoms with Gasteiger partial charge in [-0.3, -0.25) is 4.90 Å². The molecule has 7 heteroatoms. The monoisotopic (exact) mass is 511 g/mol. The first-order chi connectivity index (χ1) is 15.9. The Morgan fingerprint density at radius 3 is 2.24 bits per heavy atom. The third-order valence-corrected chi connectivity index (χ3v) is 6.56. The highest BCUT2D eigenvalue weighted by Gasteiger charge is 2.35. The second kappa shape index (κ2) is 9.75. The van der Waals surface area contributed by atoms with Crippen LogP contribution in [0.25, 0.3) is 11.1 Å². The van der Waals surface area contributed by atoms with E-state index in [-0.39, 0.29) is 24.6 Å². The second-order valence-corrected chi connectivity index (χ2v) is 8.76. The minimum atomic E-state index is -1.38. The molecule has 0 bridgehead atoms. The highest BCUT2D eigenvalue weighted by Crippen LogP contribution is 2.44. The first-order valence-corrected chi connectivity index (χ1v) is 11.5. The number of benzene rings is 3. The van der Waals surface area contributed by atoms with Crippen molar-refractivity contribution in [1.82, 2.24) is 4.90 Å². The van der Waals surface area contributed by atoms with Crippen molar-refractivity contribution < 1.29 is 23.8 Å². The number of fused-ring (bicyclic) bond motifs is 3. The molecular formula is C26H23BrFNO4. The van der Waals surface area contributed by atoms with Crippen LogP contribution in [0.15, 0.2) is 71.2 Å². The largest absolute Gasteiger partial charge is 0.479 e. The lowest BCUT2D eigenvalue weighted by molar-refractivity contribution is -0.143. The van der Waals surface area contributed by atoms with Gasteiger partial charge in [-0.25, -0.2) is 14.0 Å². The van der Waals surface area contributed by atoms with Crippen LogP contribution in [0.3, 0.4) is 0 Å². The molecule has 1 amide bonds. The maximum Gasteiger partial charge on any atom is 0.410 e. The van der Waals surface area contributed by atoms with E-state index in [0.717, 1.165) is 33.2 Å². The third-order valence-electron chi connectivity index (χ3n) is 5.83. The molecule has 5 nitrogen and oxygen atoms in total. The van der Waals surface area contributed by atoms with Crippen molar-refractivity contribution in [2.75, 3.05) is 13.2 Å². The lowest BCUT2D eigenvalue weighted by atomic mass is 9.98. The lowest BCUT2D eigenvalue weighted by Gasteiger charge is -2.29. The first-order valence-electron chi connectivity index (χ1n) is 10.7. The topological polar surface area (TPSA) is 66.8 Å². The van der Waals surface area contributed by atoms with Crippen LogP contribution in [0.2, 0.25) is 0 Å². The summed E-state index contributed by atoms with van der Waals surface area (Å²) in [4.78, 5) is 26.5. The number of rotatable bonds is 7. The molecule has 0 aromatic heterocycles. The Labute approximate surface area is 199 Å². The number of halogens is 2. The van der Waals surface area contributed by atoms with Gasteiger partial charge in [-0.05, 0) is 46.9 Å². The van der Waals surface area contributed by atoms with E-state index in [1.165, 1.54) is 12.1 Å². The molecule has 170 valence electrons. The Bertz CT molecular complexity index is 1150. The maximum absolute atomic E-state index is 13.9. The second-order valence-electron chi connectivity index (χ2n) is 7.90. The fourth-order valence-electron chi connectivity index (χ4n) is 4.40. The van der Waals surface area contributed by atoms with E-state index in [4.69, 9.17) is 4.74 Å². The van der Waals surface area contributed by atoms with Crippen molar-refractivity contribution in [2.45, 2.75) is 25.3 Å². The Balaban J connectivity index is 1.61. The Morgan fingerprint density at radius 1 is 1.06 bits per heavy atom. The molecule has 0 spiro atoms. The molecule has 1 aliphatic rings. The predicted molar refractivity (Wildman–Crippen MR) is 127 cm³/mol. The summed E-state index contributed by atoms with van der Waals surface area (Å²) in [6, 6.07) is 18.4. The van der Waals surface area contributed by atoms with Crippen molar-refractivity contribution in [3.8, 4) is 11.1 Å². The smallest absolute Gasteiger partial charge is 0.410 e. The maximum atomic E-state index is 13.9. The SMILES string of the molecule is CCCN(C(=O)OCC1c2ccccc2-c2ccccc21)C(C(=O)O)c1cc(F)ccc1Br. The number of nitrogens with zero attached hydrogens (tertiary/aromatic N) is 1. The number of carbonyl (C=O) groups excluding carboxylic acids is 1. The lowest BCUT2D eigenvalue weighted by Crippen LogP contribution is -2.40. The number of carbonyl (C=O) groups is 2. The standard InChI is InChI=1S/C26H23BrFNO4/c1-2-13-29(24(25(30)31)21-14-16(28)11-12-23(21)27)26(32)33-15-22-19-9-5-3-7-17(19)18-8-4-6-10-20(18)22/h3-12,14,22,24H,2,13,15H2,1H3,(H,30,31). The fraction of sp³-hybridized carbons (Fsp3) is 0.231. The van der Waals surface area contributed by atoms with Gasteiger partial charge in [0.05, 0.1) is 0 Å². The van der Waals surface area contributed by atoms with E-state index in [2.05, 4.69) is 15.9 Å². The molecule has 3 aromatic rings. The number of hydrogen-bond acceptors (Lipinski definition) is 3. The zero-order valence-electron chi connectivity index (χ0n) is 18.0. The van der Waals surface area contributed by atoms with E-state index in [1.807, 2.05) is 55.5 Å². The summed E-state index contributed by atoms with van der Waals surface area (Å²) in [6.45, 7) is 2.06.